The zero-order valence-corrected chi connectivity index (χ0v) is 19.5. The number of rotatable bonds is 9. The third-order valence-electron chi connectivity index (χ3n) is 5.77. The van der Waals surface area contributed by atoms with Gasteiger partial charge in [0.05, 0.1) is 12.6 Å². The predicted octanol–water partition coefficient (Wildman–Crippen LogP) is 7.03. The van der Waals surface area contributed by atoms with E-state index in [1.165, 1.54) is 25.3 Å². The Morgan fingerprint density at radius 1 is 0.970 bits per heavy atom. The molecule has 0 heterocycles. The molecule has 4 rings (SSSR count). The molecule has 1 N–H and O–H groups in total. The van der Waals surface area contributed by atoms with Crippen molar-refractivity contribution in [3.05, 3.63) is 89.5 Å². The molecule has 1 aliphatic rings. The topological polar surface area (TPSA) is 47.6 Å². The van der Waals surface area contributed by atoms with E-state index in [4.69, 9.17) is 9.47 Å². The SMILES string of the molecule is CC(=O)NC(C)c1ccc(/C=C(\C)c2ccc(Oc3cccc(OCC4CC4)c3)cc2)cc1. The summed E-state index contributed by atoms with van der Waals surface area (Å²) in [6, 6.07) is 24.2. The number of benzene rings is 3. The van der Waals surface area contributed by atoms with Crippen molar-refractivity contribution in [2.75, 3.05) is 6.61 Å². The highest BCUT2D eigenvalue weighted by Crippen LogP contribution is 2.31. The van der Waals surface area contributed by atoms with Crippen molar-refractivity contribution in [3.8, 4) is 17.2 Å². The van der Waals surface area contributed by atoms with Crippen LogP contribution in [-0.4, -0.2) is 12.5 Å². The Labute approximate surface area is 196 Å². The fourth-order valence-corrected chi connectivity index (χ4v) is 3.65. The number of hydrogen-bond acceptors (Lipinski definition) is 3. The highest BCUT2D eigenvalue weighted by atomic mass is 16.5. The number of allylic oxidation sites excluding steroid dienone is 1. The summed E-state index contributed by atoms with van der Waals surface area (Å²) in [6.07, 6.45) is 4.71. The molecule has 0 spiro atoms. The first kappa shape index (κ1) is 22.7. The molecule has 1 atom stereocenters. The molecular formula is C29H31NO3. The molecule has 0 aromatic heterocycles. The Hall–Kier alpha value is -3.53. The van der Waals surface area contributed by atoms with Crippen molar-refractivity contribution in [1.82, 2.24) is 5.32 Å². The number of hydrogen-bond donors (Lipinski definition) is 1. The minimum atomic E-state index is -0.0237. The molecule has 3 aromatic rings. The minimum Gasteiger partial charge on any atom is -0.493 e. The molecule has 1 aliphatic carbocycles. The summed E-state index contributed by atoms with van der Waals surface area (Å²) in [5, 5.41) is 2.91. The van der Waals surface area contributed by atoms with Crippen LogP contribution in [0.3, 0.4) is 0 Å². The number of carbonyl (C=O) groups excluding carboxylic acids is 1. The maximum absolute atomic E-state index is 11.3. The summed E-state index contributed by atoms with van der Waals surface area (Å²) in [6.45, 7) is 6.42. The lowest BCUT2D eigenvalue weighted by atomic mass is 10.0. The van der Waals surface area contributed by atoms with E-state index >= 15 is 0 Å². The summed E-state index contributed by atoms with van der Waals surface area (Å²) in [7, 11) is 0. The Kier molecular flexibility index (Phi) is 7.13. The molecule has 4 heteroatoms. The van der Waals surface area contributed by atoms with Gasteiger partial charge in [0.15, 0.2) is 0 Å². The fourth-order valence-electron chi connectivity index (χ4n) is 3.65. The molecule has 33 heavy (non-hydrogen) atoms. The highest BCUT2D eigenvalue weighted by molar-refractivity contribution is 5.80. The van der Waals surface area contributed by atoms with Crippen molar-refractivity contribution in [2.24, 2.45) is 5.92 Å². The van der Waals surface area contributed by atoms with Gasteiger partial charge in [-0.15, -0.1) is 0 Å². The quantitative estimate of drug-likeness (QED) is 0.363. The lowest BCUT2D eigenvalue weighted by Crippen LogP contribution is -2.23. The summed E-state index contributed by atoms with van der Waals surface area (Å²) < 4.78 is 11.9. The van der Waals surface area contributed by atoms with Gasteiger partial charge in [-0.25, -0.2) is 0 Å². The van der Waals surface area contributed by atoms with Gasteiger partial charge in [-0.1, -0.05) is 48.5 Å². The molecular weight excluding hydrogens is 410 g/mol. The first-order chi connectivity index (χ1) is 16.0. The zero-order valence-electron chi connectivity index (χ0n) is 19.5. The Balaban J connectivity index is 1.37. The van der Waals surface area contributed by atoms with E-state index in [2.05, 4.69) is 54.7 Å². The standard InChI is InChI=1S/C29H31NO3/c1-20(17-23-9-11-26(12-10-23)21(2)30-22(3)31)25-13-15-27(16-14-25)33-29-6-4-5-28(18-29)32-19-24-7-8-24/h4-6,9-18,21,24H,7-8,19H2,1-3H3,(H,30,31)/b20-17+. The van der Waals surface area contributed by atoms with Gasteiger partial charge in [0.1, 0.15) is 17.2 Å². The molecule has 4 nitrogen and oxygen atoms in total. The maximum Gasteiger partial charge on any atom is 0.217 e. The molecule has 1 saturated carbocycles. The van der Waals surface area contributed by atoms with Gasteiger partial charge >= 0.3 is 0 Å². The van der Waals surface area contributed by atoms with E-state index in [0.29, 0.717) is 0 Å². The summed E-state index contributed by atoms with van der Waals surface area (Å²) in [5.41, 5.74) is 4.51. The molecule has 0 aliphatic heterocycles. The van der Waals surface area contributed by atoms with Crippen LogP contribution in [0.4, 0.5) is 0 Å². The fraction of sp³-hybridized carbons (Fsp3) is 0.276. The molecule has 3 aromatic carbocycles. The van der Waals surface area contributed by atoms with Crippen LogP contribution in [0.2, 0.25) is 0 Å². The Morgan fingerprint density at radius 2 is 1.67 bits per heavy atom. The first-order valence-electron chi connectivity index (χ1n) is 11.5. The maximum atomic E-state index is 11.3. The number of carbonyl (C=O) groups is 1. The van der Waals surface area contributed by atoms with Gasteiger partial charge in [0, 0.05) is 13.0 Å². The average Bonchev–Trinajstić information content (AvgIpc) is 3.63. The minimum absolute atomic E-state index is 0.000347. The van der Waals surface area contributed by atoms with Gasteiger partial charge in [-0.3, -0.25) is 4.79 Å². The van der Waals surface area contributed by atoms with Crippen LogP contribution in [0.15, 0.2) is 72.8 Å². The zero-order chi connectivity index (χ0) is 23.2. The largest absolute Gasteiger partial charge is 0.493 e. The normalized spacial score (nSPS) is 14.5. The summed E-state index contributed by atoms with van der Waals surface area (Å²) in [4.78, 5) is 11.3. The molecule has 1 fully saturated rings. The third kappa shape index (κ3) is 6.72. The molecule has 0 bridgehead atoms. The van der Waals surface area contributed by atoms with Crippen LogP contribution in [0.25, 0.3) is 11.6 Å². The molecule has 0 saturated heterocycles. The van der Waals surface area contributed by atoms with Crippen molar-refractivity contribution >= 4 is 17.6 Å². The van der Waals surface area contributed by atoms with Crippen molar-refractivity contribution < 1.29 is 14.3 Å². The average molecular weight is 442 g/mol. The van der Waals surface area contributed by atoms with Crippen LogP contribution < -0.4 is 14.8 Å². The highest BCUT2D eigenvalue weighted by Gasteiger charge is 2.21. The van der Waals surface area contributed by atoms with E-state index in [1.807, 2.05) is 43.3 Å². The van der Waals surface area contributed by atoms with Crippen molar-refractivity contribution in [1.29, 1.82) is 0 Å². The molecule has 0 radical (unpaired) electrons. The first-order valence-corrected chi connectivity index (χ1v) is 11.5. The van der Waals surface area contributed by atoms with Crippen LogP contribution in [0.1, 0.15) is 56.3 Å². The van der Waals surface area contributed by atoms with E-state index in [9.17, 15) is 4.79 Å². The Morgan fingerprint density at radius 3 is 2.33 bits per heavy atom. The molecule has 1 amide bonds. The van der Waals surface area contributed by atoms with Gasteiger partial charge in [-0.2, -0.15) is 0 Å². The van der Waals surface area contributed by atoms with Crippen LogP contribution >= 0.6 is 0 Å². The van der Waals surface area contributed by atoms with Crippen LogP contribution in [0, 0.1) is 5.92 Å². The van der Waals surface area contributed by atoms with E-state index in [1.54, 1.807) is 0 Å². The van der Waals surface area contributed by atoms with Crippen molar-refractivity contribution in [3.63, 3.8) is 0 Å². The second-order valence-corrected chi connectivity index (χ2v) is 8.77. The van der Waals surface area contributed by atoms with E-state index in [0.717, 1.165) is 46.5 Å². The van der Waals surface area contributed by atoms with Gasteiger partial charge < -0.3 is 14.8 Å². The molecule has 1 unspecified atom stereocenters. The Bertz CT molecular complexity index is 1110. The van der Waals surface area contributed by atoms with Crippen molar-refractivity contribution in [2.45, 2.75) is 39.7 Å². The smallest absolute Gasteiger partial charge is 0.217 e. The number of ether oxygens (including phenoxy) is 2. The lowest BCUT2D eigenvalue weighted by molar-refractivity contribution is -0.119. The second-order valence-electron chi connectivity index (χ2n) is 8.77. The van der Waals surface area contributed by atoms with Crippen LogP contribution in [-0.2, 0) is 4.79 Å². The lowest BCUT2D eigenvalue weighted by Gasteiger charge is -2.13. The van der Waals surface area contributed by atoms with Gasteiger partial charge in [0.25, 0.3) is 0 Å². The van der Waals surface area contributed by atoms with Crippen LogP contribution in [0.5, 0.6) is 17.2 Å². The molecule has 170 valence electrons. The summed E-state index contributed by atoms with van der Waals surface area (Å²) in [5.74, 6) is 3.12. The summed E-state index contributed by atoms with van der Waals surface area (Å²) >= 11 is 0. The third-order valence-corrected chi connectivity index (χ3v) is 5.77. The monoisotopic (exact) mass is 441 g/mol. The van der Waals surface area contributed by atoms with Gasteiger partial charge in [-0.05, 0) is 79.1 Å². The number of amides is 1. The van der Waals surface area contributed by atoms with Gasteiger partial charge in [0.2, 0.25) is 5.91 Å². The number of nitrogens with one attached hydrogen (secondary N) is 1. The predicted molar refractivity (Wildman–Crippen MR) is 133 cm³/mol. The van der Waals surface area contributed by atoms with E-state index < -0.39 is 0 Å². The second kappa shape index (κ2) is 10.4. The van der Waals surface area contributed by atoms with E-state index in [-0.39, 0.29) is 11.9 Å².